The van der Waals surface area contributed by atoms with Gasteiger partial charge in [0.15, 0.2) is 0 Å². The number of hydrogen-bond donors (Lipinski definition) is 1. The average Bonchev–Trinajstić information content (AvgIpc) is 2.27. The summed E-state index contributed by atoms with van der Waals surface area (Å²) in [7, 11) is 1.87. The first-order valence-electron chi connectivity index (χ1n) is 6.50. The fourth-order valence-corrected chi connectivity index (χ4v) is 2.54. The molecule has 3 unspecified atom stereocenters. The van der Waals surface area contributed by atoms with E-state index in [-0.39, 0.29) is 24.4 Å². The third kappa shape index (κ3) is 5.26. The van der Waals surface area contributed by atoms with Crippen molar-refractivity contribution in [1.82, 2.24) is 4.90 Å². The molecular weight excluding hydrogens is 236 g/mol. The highest BCUT2D eigenvalue weighted by Gasteiger charge is 2.23. The summed E-state index contributed by atoms with van der Waals surface area (Å²) in [6.45, 7) is 4.84. The Labute approximate surface area is 112 Å². The van der Waals surface area contributed by atoms with E-state index >= 15 is 0 Å². The van der Waals surface area contributed by atoms with Crippen LogP contribution in [0, 0.1) is 11.8 Å². The number of nitrogens with zero attached hydrogens (tertiary/aromatic N) is 1. The largest absolute Gasteiger partial charge is 0.342 e. The van der Waals surface area contributed by atoms with Crippen LogP contribution in [-0.4, -0.2) is 30.4 Å². The zero-order valence-electron chi connectivity index (χ0n) is 11.3. The molecule has 1 saturated carbocycles. The van der Waals surface area contributed by atoms with E-state index in [9.17, 15) is 4.79 Å². The maximum absolute atomic E-state index is 12.0. The lowest BCUT2D eigenvalue weighted by molar-refractivity contribution is -0.132. The number of nitrogens with two attached hydrogens (primary N) is 1. The van der Waals surface area contributed by atoms with Crippen LogP contribution in [0.15, 0.2) is 0 Å². The smallest absolute Gasteiger partial charge is 0.222 e. The summed E-state index contributed by atoms with van der Waals surface area (Å²) in [6.07, 6.45) is 5.78. The third-order valence-electron chi connectivity index (χ3n) is 3.90. The summed E-state index contributed by atoms with van der Waals surface area (Å²) < 4.78 is 0. The molecule has 4 heteroatoms. The minimum Gasteiger partial charge on any atom is -0.342 e. The monoisotopic (exact) mass is 262 g/mol. The molecule has 0 aromatic carbocycles. The minimum absolute atomic E-state index is 0. The van der Waals surface area contributed by atoms with Gasteiger partial charge in [-0.15, -0.1) is 12.4 Å². The van der Waals surface area contributed by atoms with E-state index < -0.39 is 0 Å². The molecule has 17 heavy (non-hydrogen) atoms. The van der Waals surface area contributed by atoms with Crippen molar-refractivity contribution >= 4 is 18.3 Å². The number of hydrogen-bond acceptors (Lipinski definition) is 2. The highest BCUT2D eigenvalue weighted by atomic mass is 35.5. The Morgan fingerprint density at radius 1 is 1.47 bits per heavy atom. The van der Waals surface area contributed by atoms with E-state index in [2.05, 4.69) is 6.92 Å². The van der Waals surface area contributed by atoms with Gasteiger partial charge in [0.25, 0.3) is 0 Å². The average molecular weight is 263 g/mol. The molecule has 1 aliphatic carbocycles. The van der Waals surface area contributed by atoms with Crippen LogP contribution in [0.5, 0.6) is 0 Å². The van der Waals surface area contributed by atoms with E-state index in [1.54, 1.807) is 4.90 Å². The van der Waals surface area contributed by atoms with E-state index in [1.165, 1.54) is 25.7 Å². The molecule has 3 atom stereocenters. The molecule has 0 aromatic rings. The summed E-state index contributed by atoms with van der Waals surface area (Å²) >= 11 is 0. The van der Waals surface area contributed by atoms with Gasteiger partial charge in [0.1, 0.15) is 0 Å². The predicted octanol–water partition coefficient (Wildman–Crippen LogP) is 2.43. The Balaban J connectivity index is 0.00000256. The lowest BCUT2D eigenvalue weighted by Crippen LogP contribution is -2.40. The molecule has 2 N–H and O–H groups in total. The lowest BCUT2D eigenvalue weighted by Gasteiger charge is -2.29. The van der Waals surface area contributed by atoms with Gasteiger partial charge in [-0.05, 0) is 31.6 Å². The first-order chi connectivity index (χ1) is 7.54. The van der Waals surface area contributed by atoms with Crippen molar-refractivity contribution in [2.45, 2.75) is 52.0 Å². The fourth-order valence-electron chi connectivity index (χ4n) is 2.54. The normalized spacial score (nSPS) is 25.9. The van der Waals surface area contributed by atoms with Crippen molar-refractivity contribution in [1.29, 1.82) is 0 Å². The van der Waals surface area contributed by atoms with Crippen LogP contribution in [0.3, 0.4) is 0 Å². The second-order valence-corrected chi connectivity index (χ2v) is 5.43. The molecule has 0 spiro atoms. The van der Waals surface area contributed by atoms with Crippen LogP contribution in [-0.2, 0) is 4.79 Å². The molecule has 1 fully saturated rings. The van der Waals surface area contributed by atoms with Gasteiger partial charge in [-0.25, -0.2) is 0 Å². The topological polar surface area (TPSA) is 46.3 Å². The molecule has 0 saturated heterocycles. The molecular formula is C13H27ClN2O. The Morgan fingerprint density at radius 2 is 2.12 bits per heavy atom. The molecule has 0 aliphatic heterocycles. The maximum Gasteiger partial charge on any atom is 0.222 e. The van der Waals surface area contributed by atoms with Gasteiger partial charge in [0.2, 0.25) is 5.91 Å². The summed E-state index contributed by atoms with van der Waals surface area (Å²) in [5, 5.41) is 0. The number of carbonyl (C=O) groups excluding carboxylic acids is 1. The van der Waals surface area contributed by atoms with Crippen LogP contribution in [0.25, 0.3) is 0 Å². The van der Waals surface area contributed by atoms with Crippen LogP contribution in [0.4, 0.5) is 0 Å². The molecule has 102 valence electrons. The highest BCUT2D eigenvalue weighted by molar-refractivity contribution is 5.85. The highest BCUT2D eigenvalue weighted by Crippen LogP contribution is 2.31. The van der Waals surface area contributed by atoms with Crippen LogP contribution >= 0.6 is 12.4 Å². The number of halogens is 1. The Morgan fingerprint density at radius 3 is 2.65 bits per heavy atom. The molecule has 0 heterocycles. The van der Waals surface area contributed by atoms with Crippen molar-refractivity contribution in [3.63, 3.8) is 0 Å². The van der Waals surface area contributed by atoms with Crippen LogP contribution in [0.1, 0.15) is 46.0 Å². The maximum atomic E-state index is 12.0. The van der Waals surface area contributed by atoms with E-state index in [4.69, 9.17) is 5.73 Å². The molecule has 0 bridgehead atoms. The van der Waals surface area contributed by atoms with Crippen LogP contribution < -0.4 is 5.73 Å². The first kappa shape index (κ1) is 16.7. The third-order valence-corrected chi connectivity index (χ3v) is 3.90. The van der Waals surface area contributed by atoms with Crippen LogP contribution in [0.2, 0.25) is 0 Å². The molecule has 1 amide bonds. The zero-order valence-corrected chi connectivity index (χ0v) is 12.1. The molecule has 3 nitrogen and oxygen atoms in total. The Bertz CT molecular complexity index is 235. The van der Waals surface area contributed by atoms with Gasteiger partial charge in [-0.1, -0.05) is 19.8 Å². The van der Waals surface area contributed by atoms with Crippen molar-refractivity contribution in [2.24, 2.45) is 17.6 Å². The molecule has 0 aromatic heterocycles. The second kappa shape index (κ2) is 7.93. The standard InChI is InChI=1S/C13H26N2O.ClH/c1-10-5-4-6-12(7-10)8-13(16)15(3)11(2)9-14;/h10-12H,4-9,14H2,1-3H3;1H. The molecule has 1 rings (SSSR count). The van der Waals surface area contributed by atoms with Crippen molar-refractivity contribution < 1.29 is 4.79 Å². The van der Waals surface area contributed by atoms with Gasteiger partial charge < -0.3 is 10.6 Å². The van der Waals surface area contributed by atoms with Gasteiger partial charge >= 0.3 is 0 Å². The lowest BCUT2D eigenvalue weighted by atomic mass is 9.80. The number of amides is 1. The fraction of sp³-hybridized carbons (Fsp3) is 0.923. The second-order valence-electron chi connectivity index (χ2n) is 5.43. The van der Waals surface area contributed by atoms with Crippen molar-refractivity contribution in [2.75, 3.05) is 13.6 Å². The van der Waals surface area contributed by atoms with Gasteiger partial charge in [-0.3, -0.25) is 4.79 Å². The summed E-state index contributed by atoms with van der Waals surface area (Å²) in [4.78, 5) is 13.8. The number of rotatable bonds is 4. The first-order valence-corrected chi connectivity index (χ1v) is 6.50. The van der Waals surface area contributed by atoms with Gasteiger partial charge in [-0.2, -0.15) is 0 Å². The van der Waals surface area contributed by atoms with Crippen molar-refractivity contribution in [3.8, 4) is 0 Å². The van der Waals surface area contributed by atoms with Crippen molar-refractivity contribution in [3.05, 3.63) is 0 Å². The van der Waals surface area contributed by atoms with E-state index in [1.807, 2.05) is 14.0 Å². The molecule has 0 radical (unpaired) electrons. The molecule has 1 aliphatic rings. The van der Waals surface area contributed by atoms with Gasteiger partial charge in [0.05, 0.1) is 0 Å². The predicted molar refractivity (Wildman–Crippen MR) is 74.3 cm³/mol. The Kier molecular flexibility index (Phi) is 7.80. The Hall–Kier alpha value is -0.280. The SMILES string of the molecule is CC1CCCC(CC(=O)N(C)C(C)CN)C1.Cl. The minimum atomic E-state index is 0. The summed E-state index contributed by atoms with van der Waals surface area (Å²) in [6, 6.07) is 0.161. The number of likely N-dealkylation sites (N-methyl/N-ethyl adjacent to an activating group) is 1. The number of carbonyl (C=O) groups is 1. The quantitative estimate of drug-likeness (QED) is 0.846. The van der Waals surface area contributed by atoms with E-state index in [0.717, 1.165) is 5.92 Å². The van der Waals surface area contributed by atoms with E-state index in [0.29, 0.717) is 18.9 Å². The summed E-state index contributed by atoms with van der Waals surface area (Å²) in [5.74, 6) is 1.66. The summed E-state index contributed by atoms with van der Waals surface area (Å²) in [5.41, 5.74) is 5.57. The van der Waals surface area contributed by atoms with Gasteiger partial charge in [0, 0.05) is 26.1 Å². The zero-order chi connectivity index (χ0) is 12.1.